The van der Waals surface area contributed by atoms with Gasteiger partial charge in [-0.1, -0.05) is 19.9 Å². The van der Waals surface area contributed by atoms with Crippen LogP contribution in [0, 0.1) is 5.41 Å². The predicted octanol–water partition coefficient (Wildman–Crippen LogP) is 2.93. The molecule has 1 heterocycles. The minimum Gasteiger partial charge on any atom is -0.306 e. The third-order valence-corrected chi connectivity index (χ3v) is 2.34. The van der Waals surface area contributed by atoms with Gasteiger partial charge >= 0.3 is 0 Å². The molecule has 0 bridgehead atoms. The Bertz CT molecular complexity index is 117. The molecule has 0 unspecified atom stereocenters. The fraction of sp³-hybridized carbons (Fsp3) is 0.818. The number of hydrogen-bond donors (Lipinski definition) is 0. The summed E-state index contributed by atoms with van der Waals surface area (Å²) >= 11 is 0. The van der Waals surface area contributed by atoms with Crippen molar-refractivity contribution in [1.29, 1.82) is 0 Å². The van der Waals surface area contributed by atoms with Crippen molar-refractivity contribution in [3.05, 3.63) is 12.7 Å². The topological polar surface area (TPSA) is 3.24 Å². The zero-order chi connectivity index (χ0) is 9.61. The van der Waals surface area contributed by atoms with Crippen LogP contribution in [0.4, 0.5) is 0 Å². The van der Waals surface area contributed by atoms with Crippen molar-refractivity contribution in [2.24, 2.45) is 5.41 Å². The molecule has 0 aromatic heterocycles. The van der Waals surface area contributed by atoms with E-state index in [-0.39, 0.29) is 0 Å². The van der Waals surface area contributed by atoms with E-state index in [4.69, 9.17) is 0 Å². The summed E-state index contributed by atoms with van der Waals surface area (Å²) in [6.07, 6.45) is 4.48. The van der Waals surface area contributed by atoms with E-state index < -0.39 is 0 Å². The molecule has 0 saturated carbocycles. The van der Waals surface area contributed by atoms with Gasteiger partial charge in [0.25, 0.3) is 0 Å². The van der Waals surface area contributed by atoms with Gasteiger partial charge in [-0.15, -0.1) is 6.58 Å². The number of likely N-dealkylation sites (tertiary alicyclic amines) is 1. The van der Waals surface area contributed by atoms with Crippen LogP contribution in [0.1, 0.15) is 33.6 Å². The van der Waals surface area contributed by atoms with Crippen LogP contribution in [0.15, 0.2) is 12.7 Å². The molecule has 1 aliphatic rings. The van der Waals surface area contributed by atoms with Gasteiger partial charge in [0, 0.05) is 0 Å². The van der Waals surface area contributed by atoms with Crippen LogP contribution in [0.3, 0.4) is 0 Å². The Kier molecular flexibility index (Phi) is 5.23. The fourth-order valence-electron chi connectivity index (χ4n) is 1.22. The molecule has 0 radical (unpaired) electrons. The normalized spacial score (nSPS) is 22.3. The summed E-state index contributed by atoms with van der Waals surface area (Å²) in [6.45, 7) is 12.5. The smallest absolute Gasteiger partial charge is 0.00167 e. The van der Waals surface area contributed by atoms with Gasteiger partial charge in [-0.25, -0.2) is 0 Å². The summed E-state index contributed by atoms with van der Waals surface area (Å²) in [5.41, 5.74) is 0.618. The molecule has 1 heteroatoms. The maximum absolute atomic E-state index is 3.36. The van der Waals surface area contributed by atoms with E-state index in [1.807, 2.05) is 6.92 Å². The van der Waals surface area contributed by atoms with Crippen molar-refractivity contribution in [3.63, 3.8) is 0 Å². The molecule has 1 aliphatic heterocycles. The highest BCUT2D eigenvalue weighted by Crippen LogP contribution is 2.28. The Morgan fingerprint density at radius 3 is 1.83 bits per heavy atom. The second kappa shape index (κ2) is 5.36. The molecule has 0 atom stereocenters. The van der Waals surface area contributed by atoms with Gasteiger partial charge in [-0.2, -0.15) is 0 Å². The number of nitrogens with zero attached hydrogens (tertiary/aromatic N) is 1. The first-order valence-corrected chi connectivity index (χ1v) is 4.77. The van der Waals surface area contributed by atoms with Crippen molar-refractivity contribution >= 4 is 0 Å². The van der Waals surface area contributed by atoms with E-state index in [1.54, 1.807) is 6.08 Å². The quantitative estimate of drug-likeness (QED) is 0.504. The van der Waals surface area contributed by atoms with Crippen molar-refractivity contribution < 1.29 is 0 Å². The van der Waals surface area contributed by atoms with Crippen molar-refractivity contribution in [2.75, 3.05) is 20.1 Å². The third kappa shape index (κ3) is 5.36. The molecule has 0 spiro atoms. The third-order valence-electron chi connectivity index (χ3n) is 2.34. The molecule has 1 nitrogen and oxygen atoms in total. The van der Waals surface area contributed by atoms with Crippen molar-refractivity contribution in [3.8, 4) is 0 Å². The zero-order valence-corrected chi connectivity index (χ0v) is 9.06. The SMILES string of the molecule is C=CC.CN1CCC(C)(C)CC1. The second-order valence-corrected chi connectivity index (χ2v) is 4.38. The molecule has 1 saturated heterocycles. The van der Waals surface area contributed by atoms with E-state index in [9.17, 15) is 0 Å². The predicted molar refractivity (Wildman–Crippen MR) is 56.4 cm³/mol. The molecule has 12 heavy (non-hydrogen) atoms. The van der Waals surface area contributed by atoms with E-state index in [0.717, 1.165) is 0 Å². The molecule has 0 amide bonds. The van der Waals surface area contributed by atoms with Gasteiger partial charge in [-0.05, 0) is 45.3 Å². The molecule has 0 aromatic carbocycles. The number of allylic oxidation sites excluding steroid dienone is 1. The maximum atomic E-state index is 3.36. The summed E-state index contributed by atoms with van der Waals surface area (Å²) in [7, 11) is 2.20. The minimum atomic E-state index is 0.618. The molecular formula is C11H23N. The Morgan fingerprint density at radius 2 is 1.58 bits per heavy atom. The van der Waals surface area contributed by atoms with Gasteiger partial charge in [-0.3, -0.25) is 0 Å². The summed E-state index contributed by atoms with van der Waals surface area (Å²) in [5.74, 6) is 0. The average Bonchev–Trinajstić information content (AvgIpc) is 1.98. The summed E-state index contributed by atoms with van der Waals surface area (Å²) in [5, 5.41) is 0. The van der Waals surface area contributed by atoms with Crippen molar-refractivity contribution in [2.45, 2.75) is 33.6 Å². The van der Waals surface area contributed by atoms with Crippen LogP contribution >= 0.6 is 0 Å². The monoisotopic (exact) mass is 169 g/mol. The molecule has 1 fully saturated rings. The first-order valence-electron chi connectivity index (χ1n) is 4.77. The molecule has 72 valence electrons. The van der Waals surface area contributed by atoms with Gasteiger partial charge in [0.05, 0.1) is 0 Å². The highest BCUT2D eigenvalue weighted by Gasteiger charge is 2.22. The summed E-state index contributed by atoms with van der Waals surface area (Å²) in [6, 6.07) is 0. The lowest BCUT2D eigenvalue weighted by atomic mass is 9.83. The Labute approximate surface area is 77.5 Å². The van der Waals surface area contributed by atoms with Crippen LogP contribution in [-0.2, 0) is 0 Å². The van der Waals surface area contributed by atoms with Crippen LogP contribution in [-0.4, -0.2) is 25.0 Å². The molecule has 0 N–H and O–H groups in total. The van der Waals surface area contributed by atoms with Crippen LogP contribution in [0.2, 0.25) is 0 Å². The van der Waals surface area contributed by atoms with Gasteiger partial charge < -0.3 is 4.90 Å². The van der Waals surface area contributed by atoms with Gasteiger partial charge in [0.2, 0.25) is 0 Å². The van der Waals surface area contributed by atoms with E-state index in [1.165, 1.54) is 25.9 Å². The number of piperidine rings is 1. The maximum Gasteiger partial charge on any atom is -0.00167 e. The lowest BCUT2D eigenvalue weighted by Crippen LogP contribution is -2.34. The fourth-order valence-corrected chi connectivity index (χ4v) is 1.22. The standard InChI is InChI=1S/C8H17N.C3H6/c1-8(2)4-6-9(3)7-5-8;1-3-2/h4-7H2,1-3H3;3H,1H2,2H3. The zero-order valence-electron chi connectivity index (χ0n) is 9.06. The van der Waals surface area contributed by atoms with E-state index in [2.05, 4.69) is 32.4 Å². The largest absolute Gasteiger partial charge is 0.306 e. The van der Waals surface area contributed by atoms with Crippen LogP contribution in [0.25, 0.3) is 0 Å². The van der Waals surface area contributed by atoms with Gasteiger partial charge in [0.1, 0.15) is 0 Å². The van der Waals surface area contributed by atoms with Crippen LogP contribution in [0.5, 0.6) is 0 Å². The first-order chi connectivity index (χ1) is 5.52. The molecule has 0 aliphatic carbocycles. The lowest BCUT2D eigenvalue weighted by molar-refractivity contribution is 0.157. The first kappa shape index (κ1) is 11.7. The molecule has 0 aromatic rings. The lowest BCUT2D eigenvalue weighted by Gasteiger charge is -2.34. The van der Waals surface area contributed by atoms with E-state index in [0.29, 0.717) is 5.41 Å². The second-order valence-electron chi connectivity index (χ2n) is 4.38. The van der Waals surface area contributed by atoms with Crippen LogP contribution < -0.4 is 0 Å². The average molecular weight is 169 g/mol. The minimum absolute atomic E-state index is 0.618. The molecular weight excluding hydrogens is 146 g/mol. The number of hydrogen-bond acceptors (Lipinski definition) is 1. The molecule has 1 rings (SSSR count). The van der Waals surface area contributed by atoms with E-state index >= 15 is 0 Å². The Balaban J connectivity index is 0.000000354. The highest BCUT2D eigenvalue weighted by molar-refractivity contribution is 4.76. The number of rotatable bonds is 0. The van der Waals surface area contributed by atoms with Crippen molar-refractivity contribution in [1.82, 2.24) is 4.90 Å². The van der Waals surface area contributed by atoms with Gasteiger partial charge in [0.15, 0.2) is 0 Å². The Hall–Kier alpha value is -0.300. The summed E-state index contributed by atoms with van der Waals surface area (Å²) < 4.78 is 0. The Morgan fingerprint density at radius 1 is 1.25 bits per heavy atom. The summed E-state index contributed by atoms with van der Waals surface area (Å²) in [4.78, 5) is 2.41. The highest BCUT2D eigenvalue weighted by atomic mass is 15.1.